The highest BCUT2D eigenvalue weighted by atomic mass is 31.2. The fraction of sp³-hybridized carbons (Fsp3) is 0.667. The second-order valence-corrected chi connectivity index (χ2v) is 4.51. The summed E-state index contributed by atoms with van der Waals surface area (Å²) in [4.78, 5) is 11.2. The molecule has 0 N–H and O–H groups in total. The lowest BCUT2D eigenvalue weighted by atomic mass is 10.3. The van der Waals surface area contributed by atoms with Crippen molar-refractivity contribution >= 4 is 13.8 Å². The molecule has 88 valence electrons. The van der Waals surface area contributed by atoms with Crippen LogP contribution in [0.1, 0.15) is 27.7 Å². The van der Waals surface area contributed by atoms with Crippen LogP contribution in [0.15, 0.2) is 11.6 Å². The third-order valence-electron chi connectivity index (χ3n) is 1.18. The van der Waals surface area contributed by atoms with Gasteiger partial charge in [-0.25, -0.2) is 9.36 Å². The van der Waals surface area contributed by atoms with Gasteiger partial charge in [-0.2, -0.15) is 0 Å². The molecule has 0 bridgehead atoms. The van der Waals surface area contributed by atoms with E-state index in [0.29, 0.717) is 0 Å². The summed E-state index contributed by atoms with van der Waals surface area (Å²) in [5.41, 5.74) is 0.750. The molecular weight excluding hydrogens is 219 g/mol. The molecule has 0 aliphatic carbocycles. The van der Waals surface area contributed by atoms with Crippen LogP contribution >= 0.6 is 7.82 Å². The van der Waals surface area contributed by atoms with Crippen molar-refractivity contribution in [3.05, 3.63) is 11.6 Å². The highest BCUT2D eigenvalue weighted by Gasteiger charge is 2.29. The molecule has 15 heavy (non-hydrogen) atoms. The van der Waals surface area contributed by atoms with Crippen LogP contribution in [-0.2, 0) is 22.9 Å². The lowest BCUT2D eigenvalue weighted by molar-refractivity contribution is -0.130. The Kier molecular flexibility index (Phi) is 6.48. The van der Waals surface area contributed by atoms with Gasteiger partial charge >= 0.3 is 13.8 Å². The number of carbonyl (C=O) groups is 1. The van der Waals surface area contributed by atoms with Crippen molar-refractivity contribution in [1.29, 1.82) is 0 Å². The van der Waals surface area contributed by atoms with Crippen molar-refractivity contribution in [3.63, 3.8) is 0 Å². The van der Waals surface area contributed by atoms with E-state index in [-0.39, 0.29) is 13.2 Å². The first kappa shape index (κ1) is 14.4. The van der Waals surface area contributed by atoms with Crippen LogP contribution in [0.3, 0.4) is 0 Å². The summed E-state index contributed by atoms with van der Waals surface area (Å²) in [6.07, 6.45) is 1.23. The Hall–Kier alpha value is -0.640. The quantitative estimate of drug-likeness (QED) is 0.524. The second-order valence-electron chi connectivity index (χ2n) is 2.91. The van der Waals surface area contributed by atoms with Crippen LogP contribution in [0.2, 0.25) is 0 Å². The second kappa shape index (κ2) is 6.77. The smallest absolute Gasteiger partial charge is 0.367 e. The normalized spacial score (nSPS) is 10.9. The maximum Gasteiger partial charge on any atom is 0.532 e. The molecule has 0 spiro atoms. The van der Waals surface area contributed by atoms with Gasteiger partial charge < -0.3 is 4.52 Å². The van der Waals surface area contributed by atoms with E-state index in [9.17, 15) is 9.36 Å². The first-order chi connectivity index (χ1) is 6.93. The van der Waals surface area contributed by atoms with Gasteiger partial charge in [0.15, 0.2) is 0 Å². The van der Waals surface area contributed by atoms with Gasteiger partial charge in [0.1, 0.15) is 0 Å². The number of allylic oxidation sites excluding steroid dienone is 1. The van der Waals surface area contributed by atoms with Crippen LogP contribution in [-0.4, -0.2) is 19.2 Å². The van der Waals surface area contributed by atoms with E-state index in [1.54, 1.807) is 27.7 Å². The Labute approximate surface area is 90.0 Å². The summed E-state index contributed by atoms with van der Waals surface area (Å²) in [6.45, 7) is 7.04. The maximum atomic E-state index is 11.7. The zero-order valence-electron chi connectivity index (χ0n) is 9.48. The van der Waals surface area contributed by atoms with Crippen molar-refractivity contribution in [2.45, 2.75) is 27.7 Å². The monoisotopic (exact) mass is 236 g/mol. The summed E-state index contributed by atoms with van der Waals surface area (Å²) in [5.74, 6) is -0.722. The van der Waals surface area contributed by atoms with Crippen molar-refractivity contribution in [2.75, 3.05) is 13.2 Å². The maximum absolute atomic E-state index is 11.7. The van der Waals surface area contributed by atoms with E-state index in [1.165, 1.54) is 6.08 Å². The zero-order chi connectivity index (χ0) is 11.9. The molecule has 0 rings (SSSR count). The molecule has 0 aromatic heterocycles. The Morgan fingerprint density at radius 3 is 2.00 bits per heavy atom. The molecule has 5 nitrogen and oxygen atoms in total. The molecule has 0 aliphatic heterocycles. The summed E-state index contributed by atoms with van der Waals surface area (Å²) >= 11 is 0. The molecule has 0 saturated heterocycles. The van der Waals surface area contributed by atoms with Crippen LogP contribution < -0.4 is 0 Å². The first-order valence-electron chi connectivity index (χ1n) is 4.71. The summed E-state index contributed by atoms with van der Waals surface area (Å²) < 4.78 is 25.9. The van der Waals surface area contributed by atoms with Gasteiger partial charge in [-0.1, -0.05) is 5.57 Å². The molecule has 0 radical (unpaired) electrons. The molecule has 0 aliphatic rings. The zero-order valence-corrected chi connectivity index (χ0v) is 10.4. The standard InChI is InChI=1S/C9H17O5P/c1-5-12-15(11,13-6-2)14-9(10)7-8(3)4/h7H,5-6H2,1-4H3. The van der Waals surface area contributed by atoms with Crippen LogP contribution in [0.5, 0.6) is 0 Å². The number of carbonyl (C=O) groups excluding carboxylic acids is 1. The van der Waals surface area contributed by atoms with Crippen LogP contribution in [0, 0.1) is 0 Å². The largest absolute Gasteiger partial charge is 0.532 e. The van der Waals surface area contributed by atoms with Crippen molar-refractivity contribution < 1.29 is 22.9 Å². The van der Waals surface area contributed by atoms with E-state index in [1.807, 2.05) is 0 Å². The molecule has 0 amide bonds. The molecular formula is C9H17O5P. The molecule has 0 atom stereocenters. The minimum absolute atomic E-state index is 0.152. The number of rotatable bonds is 6. The number of phosphoric acid groups is 1. The molecule has 0 unspecified atom stereocenters. The Morgan fingerprint density at radius 2 is 1.67 bits per heavy atom. The van der Waals surface area contributed by atoms with Gasteiger partial charge in [-0.15, -0.1) is 0 Å². The number of phosphoric ester groups is 1. The minimum Gasteiger partial charge on any atom is -0.367 e. The van der Waals surface area contributed by atoms with Gasteiger partial charge in [0.25, 0.3) is 0 Å². The Bertz CT molecular complexity index is 270. The minimum atomic E-state index is -3.73. The van der Waals surface area contributed by atoms with Gasteiger partial charge in [0, 0.05) is 6.08 Å². The van der Waals surface area contributed by atoms with Gasteiger partial charge in [-0.3, -0.25) is 9.05 Å². The first-order valence-corrected chi connectivity index (χ1v) is 6.17. The fourth-order valence-electron chi connectivity index (χ4n) is 0.778. The van der Waals surface area contributed by atoms with Crippen molar-refractivity contribution in [2.24, 2.45) is 0 Å². The molecule has 0 saturated carbocycles. The predicted octanol–water partition coefficient (Wildman–Crippen LogP) is 2.68. The molecule has 0 aromatic carbocycles. The van der Waals surface area contributed by atoms with Gasteiger partial charge in [0.2, 0.25) is 0 Å². The summed E-state index contributed by atoms with van der Waals surface area (Å²) in [5, 5.41) is 0. The van der Waals surface area contributed by atoms with E-state index in [4.69, 9.17) is 9.05 Å². The molecule has 0 fully saturated rings. The molecule has 0 aromatic rings. The average molecular weight is 236 g/mol. The third kappa shape index (κ3) is 6.44. The Balaban J connectivity index is 4.48. The lowest BCUT2D eigenvalue weighted by Crippen LogP contribution is -2.05. The van der Waals surface area contributed by atoms with E-state index in [0.717, 1.165) is 5.57 Å². The topological polar surface area (TPSA) is 61.8 Å². The molecule has 0 heterocycles. The lowest BCUT2D eigenvalue weighted by Gasteiger charge is -2.14. The molecule has 6 heteroatoms. The van der Waals surface area contributed by atoms with Gasteiger partial charge in [0.05, 0.1) is 13.2 Å². The summed E-state index contributed by atoms with van der Waals surface area (Å²) in [7, 11) is -3.73. The highest BCUT2D eigenvalue weighted by molar-refractivity contribution is 7.49. The summed E-state index contributed by atoms with van der Waals surface area (Å²) in [6, 6.07) is 0. The van der Waals surface area contributed by atoms with E-state index < -0.39 is 13.8 Å². The average Bonchev–Trinajstić information content (AvgIpc) is 2.01. The SMILES string of the molecule is CCOP(=O)(OCC)OC(=O)C=C(C)C. The fourth-order valence-corrected chi connectivity index (χ4v) is 1.86. The van der Waals surface area contributed by atoms with E-state index >= 15 is 0 Å². The number of hydrogen-bond donors (Lipinski definition) is 0. The highest BCUT2D eigenvalue weighted by Crippen LogP contribution is 2.49. The van der Waals surface area contributed by atoms with Crippen molar-refractivity contribution in [3.8, 4) is 0 Å². The van der Waals surface area contributed by atoms with Crippen molar-refractivity contribution in [1.82, 2.24) is 0 Å². The third-order valence-corrected chi connectivity index (χ3v) is 2.74. The van der Waals surface area contributed by atoms with Crippen LogP contribution in [0.25, 0.3) is 0 Å². The Morgan fingerprint density at radius 1 is 1.20 bits per heavy atom. The predicted molar refractivity (Wildman–Crippen MR) is 56.4 cm³/mol. The van der Waals surface area contributed by atoms with Crippen LogP contribution in [0.4, 0.5) is 0 Å². The van der Waals surface area contributed by atoms with Gasteiger partial charge in [-0.05, 0) is 27.7 Å². The number of hydrogen-bond acceptors (Lipinski definition) is 5. The van der Waals surface area contributed by atoms with E-state index in [2.05, 4.69) is 4.52 Å².